The molecule has 0 unspecified atom stereocenters. The predicted molar refractivity (Wildman–Crippen MR) is 136 cm³/mol. The SMILES string of the molecule is O=C(O)c1ccc(-c2nnc(-c3ccc(C(=O)O)c(-c4ccccc4)c3-c3ccccc3)s2)cc1. The van der Waals surface area contributed by atoms with Gasteiger partial charge in [0.2, 0.25) is 0 Å². The minimum Gasteiger partial charge on any atom is -0.478 e. The molecule has 0 aliphatic heterocycles. The summed E-state index contributed by atoms with van der Waals surface area (Å²) < 4.78 is 0. The van der Waals surface area contributed by atoms with Crippen molar-refractivity contribution < 1.29 is 19.8 Å². The first kappa shape index (κ1) is 22.2. The highest BCUT2D eigenvalue weighted by Gasteiger charge is 2.23. The third-order valence-corrected chi connectivity index (χ3v) is 6.60. The summed E-state index contributed by atoms with van der Waals surface area (Å²) in [6.07, 6.45) is 0. The molecule has 0 saturated heterocycles. The van der Waals surface area contributed by atoms with Gasteiger partial charge in [0, 0.05) is 22.3 Å². The lowest BCUT2D eigenvalue weighted by Gasteiger charge is -2.17. The number of hydrogen-bond acceptors (Lipinski definition) is 5. The van der Waals surface area contributed by atoms with Crippen LogP contribution in [0.1, 0.15) is 20.7 Å². The molecule has 2 N–H and O–H groups in total. The van der Waals surface area contributed by atoms with Gasteiger partial charge in [-0.1, -0.05) is 90.2 Å². The Morgan fingerprint density at radius 1 is 0.571 bits per heavy atom. The molecule has 1 aromatic heterocycles. The van der Waals surface area contributed by atoms with Crippen LogP contribution in [0.25, 0.3) is 43.4 Å². The van der Waals surface area contributed by atoms with Crippen LogP contribution in [-0.4, -0.2) is 32.3 Å². The Labute approximate surface area is 204 Å². The van der Waals surface area contributed by atoms with Crippen molar-refractivity contribution >= 4 is 23.3 Å². The second-order valence-corrected chi connectivity index (χ2v) is 8.72. The van der Waals surface area contributed by atoms with Crippen LogP contribution in [0.15, 0.2) is 97.1 Å². The molecular formula is C28H18N2O4S. The smallest absolute Gasteiger partial charge is 0.336 e. The fourth-order valence-corrected chi connectivity index (χ4v) is 4.85. The van der Waals surface area contributed by atoms with Crippen molar-refractivity contribution in [3.8, 4) is 43.4 Å². The summed E-state index contributed by atoms with van der Waals surface area (Å²) in [4.78, 5) is 23.4. The fraction of sp³-hybridized carbons (Fsp3) is 0. The molecule has 0 radical (unpaired) electrons. The maximum atomic E-state index is 12.2. The van der Waals surface area contributed by atoms with Crippen molar-refractivity contribution in [1.82, 2.24) is 10.2 Å². The van der Waals surface area contributed by atoms with Crippen LogP contribution in [-0.2, 0) is 0 Å². The normalized spacial score (nSPS) is 10.7. The summed E-state index contributed by atoms with van der Waals surface area (Å²) in [6.45, 7) is 0. The Balaban J connectivity index is 1.72. The molecule has 35 heavy (non-hydrogen) atoms. The van der Waals surface area contributed by atoms with E-state index in [-0.39, 0.29) is 11.1 Å². The first-order valence-corrected chi connectivity index (χ1v) is 11.5. The number of benzene rings is 4. The summed E-state index contributed by atoms with van der Waals surface area (Å²) in [6, 6.07) is 28.9. The average molecular weight is 479 g/mol. The van der Waals surface area contributed by atoms with Gasteiger partial charge in [-0.2, -0.15) is 0 Å². The molecule has 5 aromatic rings. The summed E-state index contributed by atoms with van der Waals surface area (Å²) in [7, 11) is 0. The molecule has 6 nitrogen and oxygen atoms in total. The summed E-state index contributed by atoms with van der Waals surface area (Å²) in [5, 5.41) is 29.2. The standard InChI is InChI=1S/C28H18N2O4S/c31-27(32)20-13-11-19(12-14-20)25-29-30-26(35-25)21-15-16-22(28(33)34)24(18-9-5-2-6-10-18)23(21)17-7-3-1-4-8-17/h1-16H,(H,31,32)(H,33,34). The van der Waals surface area contributed by atoms with Gasteiger partial charge >= 0.3 is 11.9 Å². The topological polar surface area (TPSA) is 100 Å². The van der Waals surface area contributed by atoms with Crippen molar-refractivity contribution in [1.29, 1.82) is 0 Å². The van der Waals surface area contributed by atoms with Crippen LogP contribution < -0.4 is 0 Å². The van der Waals surface area contributed by atoms with Crippen molar-refractivity contribution in [2.75, 3.05) is 0 Å². The molecule has 0 fully saturated rings. The first-order valence-electron chi connectivity index (χ1n) is 10.7. The van der Waals surface area contributed by atoms with Crippen LogP contribution in [0.3, 0.4) is 0 Å². The van der Waals surface area contributed by atoms with E-state index < -0.39 is 11.9 Å². The summed E-state index contributed by atoms with van der Waals surface area (Å²) in [5.41, 5.74) is 4.96. The molecule has 0 amide bonds. The summed E-state index contributed by atoms with van der Waals surface area (Å²) >= 11 is 1.36. The van der Waals surface area contributed by atoms with Gasteiger partial charge in [-0.25, -0.2) is 9.59 Å². The highest BCUT2D eigenvalue weighted by Crippen LogP contribution is 2.43. The third kappa shape index (κ3) is 4.32. The molecule has 7 heteroatoms. The zero-order valence-corrected chi connectivity index (χ0v) is 19.1. The first-order chi connectivity index (χ1) is 17.0. The van der Waals surface area contributed by atoms with E-state index in [0.717, 1.165) is 27.8 Å². The molecule has 4 aromatic carbocycles. The molecule has 1 heterocycles. The van der Waals surface area contributed by atoms with Crippen LogP contribution in [0, 0.1) is 0 Å². The van der Waals surface area contributed by atoms with Gasteiger partial charge in [0.1, 0.15) is 10.0 Å². The highest BCUT2D eigenvalue weighted by molar-refractivity contribution is 7.18. The number of rotatable bonds is 6. The number of aromatic carboxylic acids is 2. The number of hydrogen-bond donors (Lipinski definition) is 2. The zero-order valence-electron chi connectivity index (χ0n) is 18.3. The zero-order chi connectivity index (χ0) is 24.4. The quantitative estimate of drug-likeness (QED) is 0.285. The van der Waals surface area contributed by atoms with Gasteiger partial charge in [0.15, 0.2) is 0 Å². The van der Waals surface area contributed by atoms with Gasteiger partial charge in [-0.15, -0.1) is 10.2 Å². The molecule has 0 bridgehead atoms. The van der Waals surface area contributed by atoms with E-state index in [9.17, 15) is 14.7 Å². The van der Waals surface area contributed by atoms with Gasteiger partial charge in [-0.05, 0) is 29.3 Å². The van der Waals surface area contributed by atoms with E-state index in [0.29, 0.717) is 15.6 Å². The maximum Gasteiger partial charge on any atom is 0.336 e. The maximum absolute atomic E-state index is 12.2. The Hall–Kier alpha value is -4.62. The molecule has 170 valence electrons. The molecule has 0 atom stereocenters. The number of carboxylic acids is 2. The lowest BCUT2D eigenvalue weighted by atomic mass is 9.87. The largest absolute Gasteiger partial charge is 0.478 e. The molecule has 0 aliphatic carbocycles. The second kappa shape index (κ2) is 9.32. The van der Waals surface area contributed by atoms with Gasteiger partial charge in [0.05, 0.1) is 11.1 Å². The number of aromatic nitrogens is 2. The average Bonchev–Trinajstić information content (AvgIpc) is 3.39. The van der Waals surface area contributed by atoms with Gasteiger partial charge in [-0.3, -0.25) is 0 Å². The fourth-order valence-electron chi connectivity index (χ4n) is 3.97. The van der Waals surface area contributed by atoms with E-state index in [1.807, 2.05) is 60.7 Å². The third-order valence-electron chi connectivity index (χ3n) is 5.59. The summed E-state index contributed by atoms with van der Waals surface area (Å²) in [5.74, 6) is -2.00. The molecule has 5 rings (SSSR count). The lowest BCUT2D eigenvalue weighted by Crippen LogP contribution is -2.03. The molecule has 0 aliphatic rings. The minimum absolute atomic E-state index is 0.196. The number of carbonyl (C=O) groups is 2. The van der Waals surface area contributed by atoms with Crippen LogP contribution in [0.4, 0.5) is 0 Å². The number of nitrogens with zero attached hydrogens (tertiary/aromatic N) is 2. The Bertz CT molecular complexity index is 1530. The minimum atomic E-state index is -1.01. The van der Waals surface area contributed by atoms with Crippen molar-refractivity contribution in [3.63, 3.8) is 0 Å². The van der Waals surface area contributed by atoms with Crippen LogP contribution in [0.5, 0.6) is 0 Å². The molecular weight excluding hydrogens is 460 g/mol. The van der Waals surface area contributed by atoms with E-state index >= 15 is 0 Å². The molecule has 0 saturated carbocycles. The highest BCUT2D eigenvalue weighted by atomic mass is 32.1. The number of carboxylic acid groups (broad SMARTS) is 2. The molecule has 0 spiro atoms. The van der Waals surface area contributed by atoms with Crippen molar-refractivity contribution in [3.05, 3.63) is 108 Å². The second-order valence-electron chi connectivity index (χ2n) is 7.74. The predicted octanol–water partition coefficient (Wildman–Crippen LogP) is 6.60. The van der Waals surface area contributed by atoms with E-state index in [1.165, 1.54) is 23.5 Å². The van der Waals surface area contributed by atoms with Gasteiger partial charge < -0.3 is 10.2 Å². The van der Waals surface area contributed by atoms with Crippen molar-refractivity contribution in [2.24, 2.45) is 0 Å². The van der Waals surface area contributed by atoms with Gasteiger partial charge in [0.25, 0.3) is 0 Å². The van der Waals surface area contributed by atoms with Crippen LogP contribution >= 0.6 is 11.3 Å². The monoisotopic (exact) mass is 478 g/mol. The Kier molecular flexibility index (Phi) is 5.91. The van der Waals surface area contributed by atoms with E-state index in [2.05, 4.69) is 10.2 Å². The van der Waals surface area contributed by atoms with Crippen LogP contribution in [0.2, 0.25) is 0 Å². The van der Waals surface area contributed by atoms with E-state index in [1.54, 1.807) is 24.3 Å². The Morgan fingerprint density at radius 3 is 1.71 bits per heavy atom. The van der Waals surface area contributed by atoms with E-state index in [4.69, 9.17) is 5.11 Å². The van der Waals surface area contributed by atoms with Crippen molar-refractivity contribution in [2.45, 2.75) is 0 Å². The Morgan fingerprint density at radius 2 is 1.14 bits per heavy atom. The lowest BCUT2D eigenvalue weighted by molar-refractivity contribution is 0.0686.